The second-order valence-corrected chi connectivity index (χ2v) is 8.21. The second kappa shape index (κ2) is 9.11. The fraction of sp³-hybridized carbons (Fsp3) is 0.304. The lowest BCUT2D eigenvalue weighted by molar-refractivity contribution is -0.140. The first-order valence-corrected chi connectivity index (χ1v) is 10.4. The highest BCUT2D eigenvalue weighted by atomic mass is 79.9. The van der Waals surface area contributed by atoms with Gasteiger partial charge in [0.05, 0.1) is 29.8 Å². The van der Waals surface area contributed by atoms with Crippen molar-refractivity contribution in [3.63, 3.8) is 0 Å². The number of carbonyl (C=O) groups is 2. The fourth-order valence-corrected chi connectivity index (χ4v) is 4.15. The van der Waals surface area contributed by atoms with Gasteiger partial charge in [-0.05, 0) is 59.1 Å². The average molecular weight is 490 g/mol. The number of amides is 1. The van der Waals surface area contributed by atoms with Crippen molar-refractivity contribution in [1.29, 1.82) is 0 Å². The number of ketones is 1. The van der Waals surface area contributed by atoms with Crippen LogP contribution in [-0.2, 0) is 14.3 Å². The number of aliphatic hydroxyl groups is 1. The molecule has 1 atom stereocenters. The van der Waals surface area contributed by atoms with Crippen molar-refractivity contribution < 1.29 is 29.3 Å². The maximum atomic E-state index is 13.0. The van der Waals surface area contributed by atoms with Gasteiger partial charge in [-0.2, -0.15) is 0 Å². The number of phenolic OH excluding ortho intramolecular Hbond substituents is 1. The van der Waals surface area contributed by atoms with E-state index >= 15 is 0 Å². The summed E-state index contributed by atoms with van der Waals surface area (Å²) in [5, 5.41) is 21.4. The van der Waals surface area contributed by atoms with Crippen LogP contribution in [0.1, 0.15) is 28.3 Å². The van der Waals surface area contributed by atoms with Gasteiger partial charge in [0.2, 0.25) is 0 Å². The third kappa shape index (κ3) is 4.18. The van der Waals surface area contributed by atoms with Crippen LogP contribution in [0.2, 0.25) is 0 Å². The van der Waals surface area contributed by atoms with Crippen LogP contribution in [0.5, 0.6) is 11.5 Å². The SMILES string of the molecule is COCCN1C(=O)C(=O)/C(=C(/O)c2cc(C)ccc2C)C1c1cc(Br)c(O)c(OC)c1. The Balaban J connectivity index is 2.28. The van der Waals surface area contributed by atoms with E-state index in [0.717, 1.165) is 11.1 Å². The van der Waals surface area contributed by atoms with Crippen molar-refractivity contribution in [2.45, 2.75) is 19.9 Å². The number of Topliss-reactive ketones (excluding diaryl/α,β-unsaturated/α-hetero) is 1. The zero-order valence-electron chi connectivity index (χ0n) is 17.7. The third-order valence-electron chi connectivity index (χ3n) is 5.31. The highest BCUT2D eigenvalue weighted by Gasteiger charge is 2.46. The van der Waals surface area contributed by atoms with Crippen molar-refractivity contribution in [3.8, 4) is 11.5 Å². The van der Waals surface area contributed by atoms with Crippen LogP contribution in [-0.4, -0.2) is 54.2 Å². The molecule has 8 heteroatoms. The monoisotopic (exact) mass is 489 g/mol. The van der Waals surface area contributed by atoms with Gasteiger partial charge < -0.3 is 24.6 Å². The van der Waals surface area contributed by atoms with E-state index in [0.29, 0.717) is 15.6 Å². The Morgan fingerprint density at radius 2 is 1.87 bits per heavy atom. The van der Waals surface area contributed by atoms with E-state index in [-0.39, 0.29) is 36.0 Å². The predicted octanol–water partition coefficient (Wildman–Crippen LogP) is 3.85. The minimum atomic E-state index is -0.874. The summed E-state index contributed by atoms with van der Waals surface area (Å²) in [4.78, 5) is 27.3. The lowest BCUT2D eigenvalue weighted by Gasteiger charge is -2.26. The number of aromatic hydroxyl groups is 1. The molecule has 2 aromatic carbocycles. The van der Waals surface area contributed by atoms with Crippen LogP contribution < -0.4 is 4.74 Å². The van der Waals surface area contributed by atoms with E-state index in [4.69, 9.17) is 9.47 Å². The molecule has 1 heterocycles. The molecule has 0 aliphatic carbocycles. The molecule has 1 aliphatic rings. The Bertz CT molecular complexity index is 1080. The smallest absolute Gasteiger partial charge is 0.295 e. The highest BCUT2D eigenvalue weighted by Crippen LogP contribution is 2.44. The van der Waals surface area contributed by atoms with Gasteiger partial charge in [0, 0.05) is 19.2 Å². The number of likely N-dealkylation sites (tertiary alicyclic amines) is 1. The molecule has 1 unspecified atom stereocenters. The van der Waals surface area contributed by atoms with Crippen LogP contribution in [0.15, 0.2) is 40.4 Å². The van der Waals surface area contributed by atoms with Crippen molar-refractivity contribution >= 4 is 33.4 Å². The summed E-state index contributed by atoms with van der Waals surface area (Å²) in [5.41, 5.74) is 2.65. The molecule has 1 fully saturated rings. The predicted molar refractivity (Wildman–Crippen MR) is 119 cm³/mol. The van der Waals surface area contributed by atoms with Crippen LogP contribution in [0, 0.1) is 13.8 Å². The number of halogens is 1. The zero-order chi connectivity index (χ0) is 22.9. The zero-order valence-corrected chi connectivity index (χ0v) is 19.3. The fourth-order valence-electron chi connectivity index (χ4n) is 3.69. The minimum Gasteiger partial charge on any atom is -0.507 e. The summed E-state index contributed by atoms with van der Waals surface area (Å²) in [6, 6.07) is 7.80. The molecule has 0 spiro atoms. The first-order valence-electron chi connectivity index (χ1n) is 9.62. The number of aryl methyl sites for hydroxylation is 2. The summed E-state index contributed by atoms with van der Waals surface area (Å²) < 4.78 is 10.7. The van der Waals surface area contributed by atoms with Gasteiger partial charge in [-0.15, -0.1) is 0 Å². The van der Waals surface area contributed by atoms with Gasteiger partial charge in [-0.1, -0.05) is 17.7 Å². The summed E-state index contributed by atoms with van der Waals surface area (Å²) in [6.45, 7) is 4.07. The Hall–Kier alpha value is -2.84. The summed E-state index contributed by atoms with van der Waals surface area (Å²) in [7, 11) is 2.91. The van der Waals surface area contributed by atoms with Gasteiger partial charge >= 0.3 is 0 Å². The molecule has 1 aliphatic heterocycles. The normalized spacial score (nSPS) is 18.0. The van der Waals surface area contributed by atoms with E-state index in [9.17, 15) is 19.8 Å². The van der Waals surface area contributed by atoms with Gasteiger partial charge in [0.15, 0.2) is 11.5 Å². The van der Waals surface area contributed by atoms with E-state index in [1.807, 2.05) is 26.0 Å². The molecular formula is C23H24BrNO6. The molecular weight excluding hydrogens is 466 g/mol. The molecule has 0 radical (unpaired) electrons. The molecule has 0 saturated carbocycles. The molecule has 0 bridgehead atoms. The van der Waals surface area contributed by atoms with Crippen molar-refractivity contribution in [2.24, 2.45) is 0 Å². The molecule has 164 valence electrons. The number of aliphatic hydroxyl groups excluding tert-OH is 1. The largest absolute Gasteiger partial charge is 0.507 e. The lowest BCUT2D eigenvalue weighted by Crippen LogP contribution is -2.32. The maximum Gasteiger partial charge on any atom is 0.295 e. The molecule has 1 saturated heterocycles. The standard InChI is InChI=1S/C23H24BrNO6/c1-12-5-6-13(2)15(9-12)20(26)18-19(25(7-8-30-3)23(29)22(18)28)14-10-16(24)21(27)17(11-14)31-4/h5-6,9-11,19,26-27H,7-8H2,1-4H3/b20-18+. The number of ether oxygens (including phenoxy) is 2. The maximum absolute atomic E-state index is 13.0. The van der Waals surface area contributed by atoms with Gasteiger partial charge in [-0.25, -0.2) is 0 Å². The number of nitrogens with zero attached hydrogens (tertiary/aromatic N) is 1. The van der Waals surface area contributed by atoms with E-state index in [1.165, 1.54) is 19.1 Å². The van der Waals surface area contributed by atoms with E-state index in [1.54, 1.807) is 18.2 Å². The number of phenols is 1. The number of rotatable bonds is 6. The van der Waals surface area contributed by atoms with Crippen molar-refractivity contribution in [3.05, 3.63) is 62.6 Å². The minimum absolute atomic E-state index is 0.0190. The number of benzene rings is 2. The molecule has 1 amide bonds. The molecule has 0 aromatic heterocycles. The topological polar surface area (TPSA) is 96.3 Å². The number of hydrogen-bond acceptors (Lipinski definition) is 6. The second-order valence-electron chi connectivity index (χ2n) is 7.36. The molecule has 2 N–H and O–H groups in total. The van der Waals surface area contributed by atoms with Crippen molar-refractivity contribution in [2.75, 3.05) is 27.4 Å². The van der Waals surface area contributed by atoms with Crippen LogP contribution >= 0.6 is 15.9 Å². The number of carbonyl (C=O) groups excluding carboxylic acids is 2. The summed E-state index contributed by atoms with van der Waals surface area (Å²) in [6.07, 6.45) is 0. The van der Waals surface area contributed by atoms with Gasteiger partial charge in [0.25, 0.3) is 11.7 Å². The van der Waals surface area contributed by atoms with E-state index in [2.05, 4.69) is 15.9 Å². The summed E-state index contributed by atoms with van der Waals surface area (Å²) >= 11 is 3.29. The Labute approximate surface area is 189 Å². The quantitative estimate of drug-likeness (QED) is 0.363. The van der Waals surface area contributed by atoms with Crippen molar-refractivity contribution in [1.82, 2.24) is 4.90 Å². The third-order valence-corrected chi connectivity index (χ3v) is 5.92. The average Bonchev–Trinajstić information content (AvgIpc) is 3.00. The number of hydrogen-bond donors (Lipinski definition) is 2. The van der Waals surface area contributed by atoms with Crippen LogP contribution in [0.4, 0.5) is 0 Å². The van der Waals surface area contributed by atoms with Gasteiger partial charge in [-0.3, -0.25) is 9.59 Å². The summed E-state index contributed by atoms with van der Waals surface area (Å²) in [5.74, 6) is -1.67. The Morgan fingerprint density at radius 1 is 1.16 bits per heavy atom. The van der Waals surface area contributed by atoms with E-state index < -0.39 is 17.7 Å². The first-order chi connectivity index (χ1) is 14.7. The Kier molecular flexibility index (Phi) is 6.71. The highest BCUT2D eigenvalue weighted by molar-refractivity contribution is 9.10. The lowest BCUT2D eigenvalue weighted by atomic mass is 9.93. The molecule has 31 heavy (non-hydrogen) atoms. The number of methoxy groups -OCH3 is 2. The molecule has 7 nitrogen and oxygen atoms in total. The molecule has 2 aromatic rings. The van der Waals surface area contributed by atoms with Gasteiger partial charge in [0.1, 0.15) is 5.76 Å². The molecule has 3 rings (SSSR count). The first kappa shape index (κ1) is 22.8. The van der Waals surface area contributed by atoms with Crippen LogP contribution in [0.3, 0.4) is 0 Å². The Morgan fingerprint density at radius 3 is 2.52 bits per heavy atom. The van der Waals surface area contributed by atoms with Crippen LogP contribution in [0.25, 0.3) is 5.76 Å².